The van der Waals surface area contributed by atoms with Gasteiger partial charge in [-0.05, 0) is 13.0 Å². The summed E-state index contributed by atoms with van der Waals surface area (Å²) in [5, 5.41) is 5.65. The molecule has 0 spiro atoms. The number of carbonyl (C=O) groups excluding carboxylic acids is 1. The van der Waals surface area contributed by atoms with E-state index < -0.39 is 17.8 Å². The van der Waals surface area contributed by atoms with Gasteiger partial charge in [0.2, 0.25) is 5.91 Å². The van der Waals surface area contributed by atoms with Gasteiger partial charge >= 0.3 is 6.18 Å². The molecule has 0 bridgehead atoms. The Labute approximate surface area is 120 Å². The van der Waals surface area contributed by atoms with Crippen molar-refractivity contribution in [2.75, 3.05) is 5.32 Å². The molecule has 1 N–H and O–H groups in total. The molecule has 0 saturated heterocycles. The van der Waals surface area contributed by atoms with Gasteiger partial charge in [0.1, 0.15) is 0 Å². The Morgan fingerprint density at radius 1 is 1.30 bits per heavy atom. The first-order valence-electron chi connectivity index (χ1n) is 5.28. The highest BCUT2D eigenvalue weighted by atomic mass is 32.1. The van der Waals surface area contributed by atoms with Crippen molar-refractivity contribution in [1.29, 1.82) is 0 Å². The van der Waals surface area contributed by atoms with E-state index in [1.807, 2.05) is 6.92 Å². The second kappa shape index (κ2) is 5.71. The molecule has 0 radical (unpaired) electrons. The molecule has 0 fully saturated rings. The molecular weight excluding hydrogens is 311 g/mol. The minimum Gasteiger partial charge on any atom is -0.298 e. The molecule has 20 heavy (non-hydrogen) atoms. The van der Waals surface area contributed by atoms with Gasteiger partial charge in [-0.2, -0.15) is 13.2 Å². The van der Waals surface area contributed by atoms with Gasteiger partial charge in [0, 0.05) is 16.8 Å². The summed E-state index contributed by atoms with van der Waals surface area (Å²) >= 11 is 2.16. The van der Waals surface area contributed by atoms with E-state index in [2.05, 4.69) is 15.3 Å². The molecule has 2 aromatic heterocycles. The number of nitrogens with one attached hydrogen (secondary N) is 1. The van der Waals surface area contributed by atoms with Crippen LogP contribution in [-0.2, 0) is 11.0 Å². The van der Waals surface area contributed by atoms with Crippen LogP contribution < -0.4 is 5.32 Å². The van der Waals surface area contributed by atoms with E-state index in [4.69, 9.17) is 0 Å². The van der Waals surface area contributed by atoms with Crippen molar-refractivity contribution in [2.24, 2.45) is 0 Å². The number of halogens is 3. The van der Waals surface area contributed by atoms with Gasteiger partial charge in [0.25, 0.3) is 0 Å². The molecule has 1 amide bonds. The summed E-state index contributed by atoms with van der Waals surface area (Å²) in [5.41, 5.74) is -0.394. The summed E-state index contributed by atoms with van der Waals surface area (Å²) in [5.74, 6) is -0.557. The highest BCUT2D eigenvalue weighted by molar-refractivity contribution is 7.14. The lowest BCUT2D eigenvalue weighted by molar-refractivity contribution is -0.140. The third-order valence-corrected chi connectivity index (χ3v) is 3.62. The zero-order valence-electron chi connectivity index (χ0n) is 10.1. The van der Waals surface area contributed by atoms with Crippen LogP contribution in [0.2, 0.25) is 0 Å². The van der Waals surface area contributed by atoms with E-state index in [1.54, 1.807) is 5.38 Å². The molecule has 4 nitrogen and oxygen atoms in total. The van der Waals surface area contributed by atoms with Crippen molar-refractivity contribution in [3.8, 4) is 0 Å². The van der Waals surface area contributed by atoms with Crippen molar-refractivity contribution >= 4 is 39.8 Å². The number of hydrogen-bond acceptors (Lipinski definition) is 5. The summed E-state index contributed by atoms with van der Waals surface area (Å²) in [6, 6.07) is 0. The van der Waals surface area contributed by atoms with Gasteiger partial charge in [-0.15, -0.1) is 22.7 Å². The van der Waals surface area contributed by atoms with E-state index in [1.165, 1.54) is 23.5 Å². The first kappa shape index (κ1) is 14.7. The van der Waals surface area contributed by atoms with Gasteiger partial charge in [-0.1, -0.05) is 0 Å². The van der Waals surface area contributed by atoms with Crippen LogP contribution in [0.4, 0.5) is 18.3 Å². The van der Waals surface area contributed by atoms with Crippen molar-refractivity contribution in [3.05, 3.63) is 33.2 Å². The molecule has 2 rings (SSSR count). The second-order valence-electron chi connectivity index (χ2n) is 3.65. The van der Waals surface area contributed by atoms with Gasteiger partial charge < -0.3 is 0 Å². The second-order valence-corrected chi connectivity index (χ2v) is 5.57. The molecule has 0 saturated carbocycles. The lowest BCUT2D eigenvalue weighted by Crippen LogP contribution is -2.09. The highest BCUT2D eigenvalue weighted by Gasteiger charge is 2.33. The lowest BCUT2D eigenvalue weighted by atomic mass is 10.4. The maximum atomic E-state index is 12.3. The third kappa shape index (κ3) is 3.87. The van der Waals surface area contributed by atoms with E-state index >= 15 is 0 Å². The van der Waals surface area contributed by atoms with Crippen LogP contribution >= 0.6 is 22.7 Å². The van der Waals surface area contributed by atoms with Crippen molar-refractivity contribution in [3.63, 3.8) is 0 Å². The minimum absolute atomic E-state index is 0.0959. The third-order valence-electron chi connectivity index (χ3n) is 2.07. The number of rotatable bonds is 3. The molecule has 0 aliphatic rings. The number of thiazole rings is 2. The summed E-state index contributed by atoms with van der Waals surface area (Å²) in [4.78, 5) is 18.9. The summed E-state index contributed by atoms with van der Waals surface area (Å²) in [6.45, 7) is 1.83. The van der Waals surface area contributed by atoms with E-state index in [9.17, 15) is 18.0 Å². The number of carbonyl (C=O) groups is 1. The normalized spacial score (nSPS) is 12.0. The molecule has 0 atom stereocenters. The van der Waals surface area contributed by atoms with E-state index in [0.717, 1.165) is 21.7 Å². The van der Waals surface area contributed by atoms with Crippen LogP contribution in [-0.4, -0.2) is 15.9 Å². The fourth-order valence-corrected chi connectivity index (χ4v) is 2.53. The lowest BCUT2D eigenvalue weighted by Gasteiger charge is -2.00. The molecule has 0 aromatic carbocycles. The molecule has 0 aliphatic heterocycles. The largest absolute Gasteiger partial charge is 0.434 e. The molecule has 9 heteroatoms. The first-order valence-corrected chi connectivity index (χ1v) is 7.04. The zero-order valence-corrected chi connectivity index (χ0v) is 11.7. The molecule has 2 aromatic rings. The van der Waals surface area contributed by atoms with Gasteiger partial charge in [-0.3, -0.25) is 10.1 Å². The highest BCUT2D eigenvalue weighted by Crippen LogP contribution is 2.31. The fraction of sp³-hybridized carbons (Fsp3) is 0.182. The number of aryl methyl sites for hydroxylation is 1. The Morgan fingerprint density at radius 3 is 2.60 bits per heavy atom. The number of aromatic nitrogens is 2. The van der Waals surface area contributed by atoms with Gasteiger partial charge in [0.15, 0.2) is 10.8 Å². The monoisotopic (exact) mass is 319 g/mol. The minimum atomic E-state index is -4.51. The fourth-order valence-electron chi connectivity index (χ4n) is 1.23. The maximum Gasteiger partial charge on any atom is 0.434 e. The zero-order chi connectivity index (χ0) is 14.8. The van der Waals surface area contributed by atoms with Crippen LogP contribution in [0, 0.1) is 6.92 Å². The van der Waals surface area contributed by atoms with Crippen LogP contribution in [0.1, 0.15) is 16.4 Å². The molecular formula is C11H8F3N3OS2. The molecule has 0 aliphatic carbocycles. The summed E-state index contributed by atoms with van der Waals surface area (Å²) < 4.78 is 37.0. The topological polar surface area (TPSA) is 54.9 Å². The average molecular weight is 319 g/mol. The predicted molar refractivity (Wildman–Crippen MR) is 71.6 cm³/mol. The van der Waals surface area contributed by atoms with Crippen LogP contribution in [0.15, 0.2) is 16.8 Å². The first-order chi connectivity index (χ1) is 9.34. The Bertz CT molecular complexity index is 645. The van der Waals surface area contributed by atoms with Crippen LogP contribution in [0.3, 0.4) is 0 Å². The van der Waals surface area contributed by atoms with Crippen molar-refractivity contribution < 1.29 is 18.0 Å². The van der Waals surface area contributed by atoms with Gasteiger partial charge in [0.05, 0.1) is 10.7 Å². The summed E-state index contributed by atoms with van der Waals surface area (Å²) in [7, 11) is 0. The van der Waals surface area contributed by atoms with Crippen molar-refractivity contribution in [1.82, 2.24) is 9.97 Å². The Hall–Kier alpha value is -1.74. The van der Waals surface area contributed by atoms with Crippen LogP contribution in [0.25, 0.3) is 6.08 Å². The van der Waals surface area contributed by atoms with E-state index in [-0.39, 0.29) is 5.13 Å². The standard InChI is InChI=1S/C11H8F3N3OS2/c1-6-15-7(4-19-6)2-3-9(18)17-10-16-8(5-20-10)11(12,13)14/h2-5H,1H3,(H,16,17,18). The van der Waals surface area contributed by atoms with Crippen LogP contribution in [0.5, 0.6) is 0 Å². The Balaban J connectivity index is 1.98. The number of hydrogen-bond donors (Lipinski definition) is 1. The SMILES string of the molecule is Cc1nc(C=CC(=O)Nc2nc(C(F)(F)F)cs2)cs1. The number of amides is 1. The number of anilines is 1. The Kier molecular flexibility index (Phi) is 4.19. The average Bonchev–Trinajstić information content (AvgIpc) is 2.95. The number of alkyl halides is 3. The molecule has 0 unspecified atom stereocenters. The molecule has 106 valence electrons. The summed E-state index contributed by atoms with van der Waals surface area (Å²) in [6.07, 6.45) is -1.83. The van der Waals surface area contributed by atoms with Crippen molar-refractivity contribution in [2.45, 2.75) is 13.1 Å². The predicted octanol–water partition coefficient (Wildman–Crippen LogP) is 3.58. The maximum absolute atomic E-state index is 12.3. The van der Waals surface area contributed by atoms with Gasteiger partial charge in [-0.25, -0.2) is 9.97 Å². The smallest absolute Gasteiger partial charge is 0.298 e. The quantitative estimate of drug-likeness (QED) is 0.880. The number of nitrogens with zero attached hydrogens (tertiary/aromatic N) is 2. The Morgan fingerprint density at radius 2 is 2.05 bits per heavy atom. The molecule has 2 heterocycles. The van der Waals surface area contributed by atoms with E-state index in [0.29, 0.717) is 5.69 Å².